The summed E-state index contributed by atoms with van der Waals surface area (Å²) < 4.78 is 18.9. The first kappa shape index (κ1) is 16.4. The number of para-hydroxylation sites is 1. The zero-order valence-corrected chi connectivity index (χ0v) is 14.1. The first-order valence-electron chi connectivity index (χ1n) is 7.93. The number of rotatable bonds is 4. The zero-order chi connectivity index (χ0) is 17.3. The van der Waals surface area contributed by atoms with Gasteiger partial charge in [0.1, 0.15) is 11.6 Å². The van der Waals surface area contributed by atoms with Crippen molar-refractivity contribution in [2.75, 3.05) is 7.11 Å². The van der Waals surface area contributed by atoms with E-state index in [2.05, 4.69) is 0 Å². The van der Waals surface area contributed by atoms with Gasteiger partial charge in [-0.05, 0) is 50.1 Å². The van der Waals surface area contributed by atoms with Gasteiger partial charge in [0, 0.05) is 5.56 Å². The van der Waals surface area contributed by atoms with Crippen LogP contribution in [0, 0.1) is 5.82 Å². The summed E-state index contributed by atoms with van der Waals surface area (Å²) in [5.41, 5.74) is 2.61. The summed E-state index contributed by atoms with van der Waals surface area (Å²) in [5, 5.41) is 0. The second kappa shape index (κ2) is 6.19. The molecule has 0 spiro atoms. The van der Waals surface area contributed by atoms with Crippen molar-refractivity contribution < 1.29 is 13.9 Å². The third-order valence-electron chi connectivity index (χ3n) is 4.18. The van der Waals surface area contributed by atoms with Gasteiger partial charge < -0.3 is 4.74 Å². The number of nitrogens with zero attached hydrogens (tertiary/aromatic N) is 1. The molecule has 1 aliphatic heterocycles. The van der Waals surface area contributed by atoms with Gasteiger partial charge in [-0.3, -0.25) is 9.79 Å². The van der Waals surface area contributed by atoms with E-state index in [9.17, 15) is 9.18 Å². The standard InChI is InChI=1S/C20H20FNO2/c1-20(2)12-13-8-9-14(21)10-16(13)17(22-20)11-18(23)15-6-4-5-7-19(15)24-3/h4-10H,11-12H2,1-3H3. The number of carbonyl (C=O) groups is 1. The van der Waals surface area contributed by atoms with Crippen LogP contribution >= 0.6 is 0 Å². The number of ketones is 1. The summed E-state index contributed by atoms with van der Waals surface area (Å²) in [6.07, 6.45) is 0.856. The highest BCUT2D eigenvalue weighted by Crippen LogP contribution is 2.29. The monoisotopic (exact) mass is 325 g/mol. The fourth-order valence-corrected chi connectivity index (χ4v) is 3.16. The van der Waals surface area contributed by atoms with Crippen molar-refractivity contribution in [3.63, 3.8) is 0 Å². The van der Waals surface area contributed by atoms with E-state index in [-0.39, 0.29) is 23.6 Å². The van der Waals surface area contributed by atoms with Crippen LogP contribution in [0.2, 0.25) is 0 Å². The van der Waals surface area contributed by atoms with Crippen molar-refractivity contribution >= 4 is 11.5 Å². The van der Waals surface area contributed by atoms with Crippen molar-refractivity contribution in [1.82, 2.24) is 0 Å². The molecule has 0 atom stereocenters. The van der Waals surface area contributed by atoms with Gasteiger partial charge in [-0.2, -0.15) is 0 Å². The Hall–Kier alpha value is -2.49. The molecule has 3 nitrogen and oxygen atoms in total. The third kappa shape index (κ3) is 3.23. The Morgan fingerprint density at radius 1 is 1.25 bits per heavy atom. The van der Waals surface area contributed by atoms with E-state index in [1.165, 1.54) is 19.2 Å². The topological polar surface area (TPSA) is 38.7 Å². The summed E-state index contributed by atoms with van der Waals surface area (Å²) in [7, 11) is 1.54. The summed E-state index contributed by atoms with van der Waals surface area (Å²) in [6.45, 7) is 4.04. The van der Waals surface area contributed by atoms with E-state index in [0.717, 1.165) is 17.5 Å². The fraction of sp³-hybridized carbons (Fsp3) is 0.300. The molecule has 0 saturated heterocycles. The minimum atomic E-state index is -0.314. The fourth-order valence-electron chi connectivity index (χ4n) is 3.16. The molecular formula is C20H20FNO2. The molecule has 0 aromatic heterocycles. The largest absolute Gasteiger partial charge is 0.496 e. The average Bonchev–Trinajstić information content (AvgIpc) is 2.54. The molecule has 0 unspecified atom stereocenters. The number of halogens is 1. The molecule has 0 bridgehead atoms. The van der Waals surface area contributed by atoms with E-state index >= 15 is 0 Å². The molecule has 0 N–H and O–H groups in total. The quantitative estimate of drug-likeness (QED) is 0.789. The van der Waals surface area contributed by atoms with E-state index in [1.54, 1.807) is 24.3 Å². The van der Waals surface area contributed by atoms with Gasteiger partial charge in [-0.1, -0.05) is 18.2 Å². The molecule has 0 amide bonds. The molecule has 3 rings (SSSR count). The molecule has 2 aromatic carbocycles. The number of Topliss-reactive ketones (excluding diaryl/α,β-unsaturated/α-hetero) is 1. The van der Waals surface area contributed by atoms with Gasteiger partial charge in [0.15, 0.2) is 5.78 Å². The number of methoxy groups -OCH3 is 1. The number of hydrogen-bond donors (Lipinski definition) is 0. The first-order chi connectivity index (χ1) is 11.4. The Morgan fingerprint density at radius 2 is 2.00 bits per heavy atom. The smallest absolute Gasteiger partial charge is 0.172 e. The molecular weight excluding hydrogens is 305 g/mol. The Kier molecular flexibility index (Phi) is 4.22. The van der Waals surface area contributed by atoms with Crippen molar-refractivity contribution in [2.45, 2.75) is 32.2 Å². The SMILES string of the molecule is COc1ccccc1C(=O)CC1=NC(C)(C)Cc2ccc(F)cc21. The normalized spacial score (nSPS) is 15.4. The Labute approximate surface area is 141 Å². The molecule has 24 heavy (non-hydrogen) atoms. The van der Waals surface area contributed by atoms with Crippen LogP contribution in [0.1, 0.15) is 41.8 Å². The van der Waals surface area contributed by atoms with Crippen LogP contribution in [0.3, 0.4) is 0 Å². The summed E-state index contributed by atoms with van der Waals surface area (Å²) in [4.78, 5) is 17.4. The van der Waals surface area contributed by atoms with Gasteiger partial charge in [0.05, 0.1) is 30.3 Å². The predicted octanol–water partition coefficient (Wildman–Crippen LogP) is 4.23. The molecule has 0 saturated carbocycles. The van der Waals surface area contributed by atoms with Crippen LogP contribution in [0.25, 0.3) is 0 Å². The molecule has 2 aromatic rings. The molecule has 124 valence electrons. The van der Waals surface area contributed by atoms with Crippen LogP contribution in [-0.4, -0.2) is 24.1 Å². The van der Waals surface area contributed by atoms with Crippen molar-refractivity contribution in [1.29, 1.82) is 0 Å². The number of hydrogen-bond acceptors (Lipinski definition) is 3. The lowest BCUT2D eigenvalue weighted by Crippen LogP contribution is -2.30. The highest BCUT2D eigenvalue weighted by molar-refractivity contribution is 6.17. The second-order valence-corrected chi connectivity index (χ2v) is 6.65. The summed E-state index contributed by atoms with van der Waals surface area (Å²) >= 11 is 0. The Bertz CT molecular complexity index is 824. The molecule has 1 heterocycles. The maximum atomic E-state index is 13.7. The minimum absolute atomic E-state index is 0.0842. The van der Waals surface area contributed by atoms with Gasteiger partial charge in [-0.25, -0.2) is 4.39 Å². The lowest BCUT2D eigenvalue weighted by atomic mass is 9.85. The van der Waals surface area contributed by atoms with E-state index in [1.807, 2.05) is 19.9 Å². The average molecular weight is 325 g/mol. The van der Waals surface area contributed by atoms with Crippen molar-refractivity contribution in [3.8, 4) is 5.75 Å². The first-order valence-corrected chi connectivity index (χ1v) is 7.93. The maximum absolute atomic E-state index is 13.7. The van der Waals surface area contributed by atoms with Crippen LogP contribution in [0.5, 0.6) is 5.75 Å². The van der Waals surface area contributed by atoms with E-state index in [0.29, 0.717) is 17.0 Å². The number of ether oxygens (including phenoxy) is 1. The minimum Gasteiger partial charge on any atom is -0.496 e. The zero-order valence-electron chi connectivity index (χ0n) is 14.1. The number of carbonyl (C=O) groups excluding carboxylic acids is 1. The molecule has 1 aliphatic rings. The molecule has 0 radical (unpaired) electrons. The highest BCUT2D eigenvalue weighted by Gasteiger charge is 2.28. The highest BCUT2D eigenvalue weighted by atomic mass is 19.1. The number of benzene rings is 2. The molecule has 0 aliphatic carbocycles. The van der Waals surface area contributed by atoms with Gasteiger partial charge >= 0.3 is 0 Å². The van der Waals surface area contributed by atoms with Crippen LogP contribution < -0.4 is 4.74 Å². The predicted molar refractivity (Wildman–Crippen MR) is 92.7 cm³/mol. The lowest BCUT2D eigenvalue weighted by molar-refractivity contribution is 0.0997. The lowest BCUT2D eigenvalue weighted by Gasteiger charge is -2.29. The second-order valence-electron chi connectivity index (χ2n) is 6.65. The third-order valence-corrected chi connectivity index (χ3v) is 4.18. The van der Waals surface area contributed by atoms with Crippen molar-refractivity contribution in [3.05, 3.63) is 65.0 Å². The van der Waals surface area contributed by atoms with Gasteiger partial charge in [0.2, 0.25) is 0 Å². The number of aliphatic imine (C=N–C) groups is 1. The van der Waals surface area contributed by atoms with Crippen LogP contribution in [-0.2, 0) is 6.42 Å². The molecule has 0 fully saturated rings. The van der Waals surface area contributed by atoms with Crippen LogP contribution in [0.4, 0.5) is 4.39 Å². The van der Waals surface area contributed by atoms with Crippen molar-refractivity contribution in [2.24, 2.45) is 4.99 Å². The van der Waals surface area contributed by atoms with E-state index in [4.69, 9.17) is 9.73 Å². The Balaban J connectivity index is 1.98. The van der Waals surface area contributed by atoms with E-state index < -0.39 is 0 Å². The van der Waals surface area contributed by atoms with Crippen LogP contribution in [0.15, 0.2) is 47.5 Å². The summed E-state index contributed by atoms with van der Waals surface area (Å²) in [6, 6.07) is 11.8. The van der Waals surface area contributed by atoms with Gasteiger partial charge in [0.25, 0.3) is 0 Å². The summed E-state index contributed by atoms with van der Waals surface area (Å²) in [5.74, 6) is 0.141. The number of fused-ring (bicyclic) bond motifs is 1. The molecule has 4 heteroatoms. The Morgan fingerprint density at radius 3 is 2.75 bits per heavy atom. The van der Waals surface area contributed by atoms with Gasteiger partial charge in [-0.15, -0.1) is 0 Å². The maximum Gasteiger partial charge on any atom is 0.172 e.